The number of hydrogen-bond acceptors (Lipinski definition) is 4. The summed E-state index contributed by atoms with van der Waals surface area (Å²) in [4.78, 5) is 24.8. The molecule has 2 amide bonds. The molecule has 0 saturated carbocycles. The molecule has 0 spiro atoms. The fourth-order valence-electron chi connectivity index (χ4n) is 3.19. The average molecular weight is 485 g/mol. The van der Waals surface area contributed by atoms with Crippen LogP contribution in [0.1, 0.15) is 41.6 Å². The molecular formula is C24H25BrN2O4. The van der Waals surface area contributed by atoms with Crippen molar-refractivity contribution in [3.05, 3.63) is 82.2 Å². The lowest BCUT2D eigenvalue weighted by molar-refractivity contribution is -0.121. The van der Waals surface area contributed by atoms with Crippen molar-refractivity contribution < 1.29 is 18.7 Å². The fraction of sp³-hybridized carbons (Fsp3) is 0.250. The van der Waals surface area contributed by atoms with Gasteiger partial charge in [-0.2, -0.15) is 0 Å². The van der Waals surface area contributed by atoms with Gasteiger partial charge in [0.2, 0.25) is 5.91 Å². The van der Waals surface area contributed by atoms with Gasteiger partial charge in [0, 0.05) is 5.69 Å². The number of carbonyl (C=O) groups excluding carboxylic acids is 2. The molecule has 1 aromatic heterocycles. The van der Waals surface area contributed by atoms with Crippen LogP contribution < -0.4 is 15.4 Å². The minimum Gasteiger partial charge on any atom is -0.497 e. The predicted molar refractivity (Wildman–Crippen MR) is 123 cm³/mol. The molecule has 2 aromatic carbocycles. The van der Waals surface area contributed by atoms with Crippen molar-refractivity contribution in [1.82, 2.24) is 5.32 Å². The van der Waals surface area contributed by atoms with Gasteiger partial charge in [-0.3, -0.25) is 9.59 Å². The highest BCUT2D eigenvalue weighted by Crippen LogP contribution is 2.24. The number of anilines is 1. The van der Waals surface area contributed by atoms with Gasteiger partial charge in [0.1, 0.15) is 5.75 Å². The van der Waals surface area contributed by atoms with Crippen LogP contribution in [-0.2, 0) is 11.2 Å². The maximum absolute atomic E-state index is 12.7. The third-order valence-electron chi connectivity index (χ3n) is 4.83. The second kappa shape index (κ2) is 10.3. The topological polar surface area (TPSA) is 80.6 Å². The Kier molecular flexibility index (Phi) is 7.52. The van der Waals surface area contributed by atoms with Gasteiger partial charge in [0.25, 0.3) is 5.91 Å². The van der Waals surface area contributed by atoms with E-state index in [-0.39, 0.29) is 36.0 Å². The summed E-state index contributed by atoms with van der Waals surface area (Å²) in [6, 6.07) is 18.1. The summed E-state index contributed by atoms with van der Waals surface area (Å²) in [5, 5.41) is 5.89. The lowest BCUT2D eigenvalue weighted by atomic mass is 9.95. The molecule has 0 bridgehead atoms. The quantitative estimate of drug-likeness (QED) is 0.450. The predicted octanol–water partition coefficient (Wildman–Crippen LogP) is 5.36. The third-order valence-corrected chi connectivity index (χ3v) is 5.26. The molecule has 1 atom stereocenters. The number of carbonyl (C=O) groups is 2. The first-order valence-corrected chi connectivity index (χ1v) is 10.7. The second-order valence-electron chi connectivity index (χ2n) is 7.49. The molecule has 3 rings (SSSR count). The van der Waals surface area contributed by atoms with Crippen LogP contribution in [0.3, 0.4) is 0 Å². The Morgan fingerprint density at radius 3 is 2.23 bits per heavy atom. The van der Waals surface area contributed by atoms with Crippen molar-refractivity contribution in [3.8, 4) is 5.75 Å². The summed E-state index contributed by atoms with van der Waals surface area (Å²) in [7, 11) is 1.63. The molecular weight excluding hydrogens is 460 g/mol. The molecule has 1 unspecified atom stereocenters. The fourth-order valence-corrected chi connectivity index (χ4v) is 3.50. The Bertz CT molecular complexity index is 1030. The lowest BCUT2D eigenvalue weighted by Gasteiger charge is -2.23. The first kappa shape index (κ1) is 22.6. The zero-order valence-corrected chi connectivity index (χ0v) is 19.2. The molecule has 0 fully saturated rings. The maximum Gasteiger partial charge on any atom is 0.291 e. The van der Waals surface area contributed by atoms with E-state index < -0.39 is 0 Å². The maximum atomic E-state index is 12.7. The van der Waals surface area contributed by atoms with Crippen molar-refractivity contribution in [2.24, 2.45) is 5.92 Å². The number of benzene rings is 2. The van der Waals surface area contributed by atoms with Gasteiger partial charge < -0.3 is 19.8 Å². The Morgan fingerprint density at radius 1 is 1.00 bits per heavy atom. The molecule has 31 heavy (non-hydrogen) atoms. The summed E-state index contributed by atoms with van der Waals surface area (Å²) in [6.07, 6.45) is 0.249. The molecule has 2 N–H and O–H groups in total. The Morgan fingerprint density at radius 2 is 1.68 bits per heavy atom. The van der Waals surface area contributed by atoms with E-state index in [1.807, 2.05) is 36.4 Å². The highest BCUT2D eigenvalue weighted by molar-refractivity contribution is 9.10. The highest BCUT2D eigenvalue weighted by Gasteiger charge is 2.19. The summed E-state index contributed by atoms with van der Waals surface area (Å²) in [5.74, 6) is 0.830. The number of rotatable bonds is 8. The van der Waals surface area contributed by atoms with Crippen molar-refractivity contribution in [2.75, 3.05) is 12.4 Å². The van der Waals surface area contributed by atoms with E-state index in [1.54, 1.807) is 31.4 Å². The minimum atomic E-state index is -0.338. The van der Waals surface area contributed by atoms with Crippen LogP contribution >= 0.6 is 15.9 Å². The third kappa shape index (κ3) is 6.21. The van der Waals surface area contributed by atoms with E-state index in [1.165, 1.54) is 0 Å². The lowest BCUT2D eigenvalue weighted by Crippen LogP contribution is -2.32. The molecule has 7 heteroatoms. The minimum absolute atomic E-state index is 0.0632. The van der Waals surface area contributed by atoms with Crippen LogP contribution in [0.15, 0.2) is 69.8 Å². The van der Waals surface area contributed by atoms with Crippen LogP contribution in [-0.4, -0.2) is 18.9 Å². The van der Waals surface area contributed by atoms with Gasteiger partial charge in [-0.15, -0.1) is 0 Å². The van der Waals surface area contributed by atoms with E-state index in [4.69, 9.17) is 9.15 Å². The molecule has 0 aliphatic carbocycles. The van der Waals surface area contributed by atoms with Crippen molar-refractivity contribution >= 4 is 33.4 Å². The van der Waals surface area contributed by atoms with E-state index in [9.17, 15) is 9.59 Å². The van der Waals surface area contributed by atoms with Gasteiger partial charge in [0.15, 0.2) is 10.4 Å². The van der Waals surface area contributed by atoms with Crippen LogP contribution in [0.4, 0.5) is 5.69 Å². The normalized spacial score (nSPS) is 11.8. The van der Waals surface area contributed by atoms with E-state index in [0.29, 0.717) is 10.4 Å². The van der Waals surface area contributed by atoms with Crippen LogP contribution in [0, 0.1) is 5.92 Å². The standard InChI is InChI=1S/C24H25BrN2O4/c1-15(2)23(17-6-10-19(30-3)11-7-17)27-22(28)14-16-4-8-18(9-5-16)26-24(29)20-12-13-21(25)31-20/h4-13,15,23H,14H2,1-3H3,(H,26,29)(H,27,28). The number of hydrogen-bond donors (Lipinski definition) is 2. The molecule has 1 heterocycles. The molecule has 6 nitrogen and oxygen atoms in total. The Hall–Kier alpha value is -3.06. The molecule has 0 radical (unpaired) electrons. The Labute approximate surface area is 190 Å². The van der Waals surface area contributed by atoms with Crippen LogP contribution in [0.25, 0.3) is 0 Å². The van der Waals surface area contributed by atoms with Gasteiger partial charge in [-0.25, -0.2) is 0 Å². The van der Waals surface area contributed by atoms with Gasteiger partial charge in [-0.1, -0.05) is 38.1 Å². The van der Waals surface area contributed by atoms with Crippen LogP contribution in [0.2, 0.25) is 0 Å². The summed E-state index contributed by atoms with van der Waals surface area (Å²) >= 11 is 3.18. The van der Waals surface area contributed by atoms with E-state index in [2.05, 4.69) is 40.4 Å². The SMILES string of the molecule is COc1ccc(C(NC(=O)Cc2ccc(NC(=O)c3ccc(Br)o3)cc2)C(C)C)cc1. The summed E-state index contributed by atoms with van der Waals surface area (Å²) in [5.41, 5.74) is 2.51. The van der Waals surface area contributed by atoms with Crippen molar-refractivity contribution in [2.45, 2.75) is 26.3 Å². The van der Waals surface area contributed by atoms with Crippen LogP contribution in [0.5, 0.6) is 5.75 Å². The number of furan rings is 1. The number of methoxy groups -OCH3 is 1. The van der Waals surface area contributed by atoms with E-state index >= 15 is 0 Å². The average Bonchev–Trinajstić information content (AvgIpc) is 3.20. The molecule has 162 valence electrons. The van der Waals surface area contributed by atoms with Crippen molar-refractivity contribution in [1.29, 1.82) is 0 Å². The molecule has 0 aliphatic rings. The summed E-state index contributed by atoms with van der Waals surface area (Å²) < 4.78 is 10.9. The molecule has 3 aromatic rings. The Balaban J connectivity index is 1.59. The van der Waals surface area contributed by atoms with Gasteiger partial charge >= 0.3 is 0 Å². The highest BCUT2D eigenvalue weighted by atomic mass is 79.9. The summed E-state index contributed by atoms with van der Waals surface area (Å²) in [6.45, 7) is 4.15. The number of ether oxygens (including phenoxy) is 1. The second-order valence-corrected chi connectivity index (χ2v) is 8.28. The number of nitrogens with one attached hydrogen (secondary N) is 2. The zero-order chi connectivity index (χ0) is 22.4. The molecule has 0 saturated heterocycles. The van der Waals surface area contributed by atoms with Gasteiger partial charge in [0.05, 0.1) is 19.6 Å². The van der Waals surface area contributed by atoms with Gasteiger partial charge in [-0.05, 0) is 69.4 Å². The largest absolute Gasteiger partial charge is 0.497 e. The first-order valence-electron chi connectivity index (χ1n) is 9.94. The number of halogens is 1. The smallest absolute Gasteiger partial charge is 0.291 e. The number of amides is 2. The monoisotopic (exact) mass is 484 g/mol. The first-order chi connectivity index (χ1) is 14.9. The van der Waals surface area contributed by atoms with Crippen molar-refractivity contribution in [3.63, 3.8) is 0 Å². The van der Waals surface area contributed by atoms with E-state index in [0.717, 1.165) is 16.9 Å². The molecule has 0 aliphatic heterocycles. The zero-order valence-electron chi connectivity index (χ0n) is 17.6.